The fraction of sp³-hybridized carbons (Fsp3) is 0.231. The van der Waals surface area contributed by atoms with Gasteiger partial charge in [-0.1, -0.05) is 36.4 Å². The van der Waals surface area contributed by atoms with Crippen molar-refractivity contribution in [3.05, 3.63) is 88.4 Å². The molecule has 0 saturated heterocycles. The highest BCUT2D eigenvalue weighted by Crippen LogP contribution is 2.27. The van der Waals surface area contributed by atoms with Crippen molar-refractivity contribution < 1.29 is 19.5 Å². The Kier molecular flexibility index (Phi) is 6.68. The van der Waals surface area contributed by atoms with Gasteiger partial charge in [0.15, 0.2) is 0 Å². The molecule has 1 heterocycles. The summed E-state index contributed by atoms with van der Waals surface area (Å²) in [5.74, 6) is -3.42. The van der Waals surface area contributed by atoms with Crippen LogP contribution in [-0.4, -0.2) is 32.3 Å². The summed E-state index contributed by atoms with van der Waals surface area (Å²) in [5.41, 5.74) is 1.67. The molecular formula is C26H26N4O5. The van der Waals surface area contributed by atoms with E-state index in [-0.39, 0.29) is 16.8 Å². The maximum atomic E-state index is 13.1. The Morgan fingerprint density at radius 3 is 2.31 bits per heavy atom. The Bertz CT molecular complexity index is 1370. The molecule has 3 N–H and O–H groups in total. The molecule has 0 unspecified atom stereocenters. The third-order valence-electron chi connectivity index (χ3n) is 6.27. The van der Waals surface area contributed by atoms with Crippen molar-refractivity contribution in [1.29, 1.82) is 0 Å². The van der Waals surface area contributed by atoms with Crippen LogP contribution in [0.1, 0.15) is 28.9 Å². The van der Waals surface area contributed by atoms with E-state index in [2.05, 4.69) is 10.6 Å². The van der Waals surface area contributed by atoms with Crippen LogP contribution in [0.4, 0.5) is 11.4 Å². The third kappa shape index (κ3) is 4.79. The van der Waals surface area contributed by atoms with E-state index in [1.165, 1.54) is 10.7 Å². The van der Waals surface area contributed by atoms with Crippen molar-refractivity contribution in [3.63, 3.8) is 0 Å². The van der Waals surface area contributed by atoms with Gasteiger partial charge in [0, 0.05) is 18.3 Å². The summed E-state index contributed by atoms with van der Waals surface area (Å²) in [6, 6.07) is 15.4. The van der Waals surface area contributed by atoms with E-state index >= 15 is 0 Å². The number of nitrogens with zero attached hydrogens (tertiary/aromatic N) is 2. The second-order valence-corrected chi connectivity index (χ2v) is 8.45. The van der Waals surface area contributed by atoms with Crippen LogP contribution in [-0.2, 0) is 16.6 Å². The van der Waals surface area contributed by atoms with Gasteiger partial charge in [0.1, 0.15) is 5.69 Å². The zero-order valence-corrected chi connectivity index (χ0v) is 19.4. The maximum absolute atomic E-state index is 13.1. The summed E-state index contributed by atoms with van der Waals surface area (Å²) in [6.07, 6.45) is 4.21. The molecule has 35 heavy (non-hydrogen) atoms. The predicted octanol–water partition coefficient (Wildman–Crippen LogP) is 3.34. The number of carbonyl (C=O) groups is 3. The highest BCUT2D eigenvalue weighted by atomic mass is 16.4. The molecule has 0 fully saturated rings. The number of carbonyl (C=O) groups excluding carboxylic acids is 2. The second-order valence-electron chi connectivity index (χ2n) is 8.45. The van der Waals surface area contributed by atoms with Gasteiger partial charge in [-0.3, -0.25) is 23.9 Å². The highest BCUT2D eigenvalue weighted by molar-refractivity contribution is 6.05. The van der Waals surface area contributed by atoms with Crippen molar-refractivity contribution >= 4 is 29.2 Å². The summed E-state index contributed by atoms with van der Waals surface area (Å²) in [6.45, 7) is 1.74. The Morgan fingerprint density at radius 2 is 1.63 bits per heavy atom. The number of aliphatic carboxylic acids is 1. The topological polar surface area (TPSA) is 122 Å². The average molecular weight is 475 g/mol. The Labute approximate surface area is 201 Å². The van der Waals surface area contributed by atoms with Crippen LogP contribution in [0.3, 0.4) is 0 Å². The summed E-state index contributed by atoms with van der Waals surface area (Å²) in [7, 11) is 1.74. The van der Waals surface area contributed by atoms with Crippen molar-refractivity contribution in [2.45, 2.75) is 19.8 Å². The molecule has 3 aromatic rings. The van der Waals surface area contributed by atoms with Gasteiger partial charge in [-0.05, 0) is 50.1 Å². The Balaban J connectivity index is 1.53. The largest absolute Gasteiger partial charge is 0.481 e. The van der Waals surface area contributed by atoms with Crippen molar-refractivity contribution in [2.75, 3.05) is 10.6 Å². The molecule has 0 aliphatic heterocycles. The van der Waals surface area contributed by atoms with E-state index < -0.39 is 29.6 Å². The summed E-state index contributed by atoms with van der Waals surface area (Å²) in [4.78, 5) is 50.3. The predicted molar refractivity (Wildman–Crippen MR) is 132 cm³/mol. The molecule has 1 aliphatic rings. The quantitative estimate of drug-likeness (QED) is 0.473. The average Bonchev–Trinajstić information content (AvgIpc) is 3.07. The van der Waals surface area contributed by atoms with Crippen molar-refractivity contribution in [2.24, 2.45) is 18.9 Å². The van der Waals surface area contributed by atoms with Crippen LogP contribution in [0, 0.1) is 18.8 Å². The van der Waals surface area contributed by atoms with Gasteiger partial charge in [-0.2, -0.15) is 0 Å². The molecule has 2 amide bonds. The van der Waals surface area contributed by atoms with E-state index in [0.29, 0.717) is 29.9 Å². The molecule has 2 atom stereocenters. The van der Waals surface area contributed by atoms with Crippen molar-refractivity contribution in [3.8, 4) is 5.69 Å². The van der Waals surface area contributed by atoms with E-state index in [1.54, 1.807) is 61.1 Å². The first-order valence-corrected chi connectivity index (χ1v) is 11.2. The van der Waals surface area contributed by atoms with Gasteiger partial charge < -0.3 is 15.7 Å². The van der Waals surface area contributed by atoms with Crippen LogP contribution in [0.15, 0.2) is 71.5 Å². The molecular weight excluding hydrogens is 448 g/mol. The first-order chi connectivity index (χ1) is 16.8. The fourth-order valence-corrected chi connectivity index (χ4v) is 4.25. The lowest BCUT2D eigenvalue weighted by Crippen LogP contribution is -2.34. The van der Waals surface area contributed by atoms with E-state index in [0.717, 1.165) is 0 Å². The number of nitrogens with one attached hydrogen (secondary N) is 2. The van der Waals surface area contributed by atoms with Crippen LogP contribution >= 0.6 is 0 Å². The zero-order chi connectivity index (χ0) is 25.1. The van der Waals surface area contributed by atoms with Crippen LogP contribution in [0.25, 0.3) is 5.69 Å². The van der Waals surface area contributed by atoms with Crippen LogP contribution < -0.4 is 16.2 Å². The Morgan fingerprint density at radius 1 is 0.943 bits per heavy atom. The van der Waals surface area contributed by atoms with Gasteiger partial charge in [0.25, 0.3) is 11.5 Å². The number of aromatic nitrogens is 2. The van der Waals surface area contributed by atoms with Gasteiger partial charge in [0.2, 0.25) is 5.91 Å². The lowest BCUT2D eigenvalue weighted by Gasteiger charge is -2.24. The number of allylic oxidation sites excluding steroid dienone is 2. The highest BCUT2D eigenvalue weighted by Gasteiger charge is 2.34. The van der Waals surface area contributed by atoms with E-state index in [1.807, 2.05) is 18.2 Å². The first-order valence-electron chi connectivity index (χ1n) is 11.2. The van der Waals surface area contributed by atoms with Crippen LogP contribution in [0.5, 0.6) is 0 Å². The number of carboxylic acid groups (broad SMARTS) is 1. The number of carboxylic acids is 1. The minimum atomic E-state index is -1.01. The molecule has 0 saturated carbocycles. The molecule has 1 aliphatic carbocycles. The zero-order valence-electron chi connectivity index (χ0n) is 19.4. The normalized spacial score (nSPS) is 17.1. The molecule has 0 spiro atoms. The monoisotopic (exact) mass is 474 g/mol. The van der Waals surface area contributed by atoms with Gasteiger partial charge in [0.05, 0.1) is 23.2 Å². The Hall–Kier alpha value is -4.40. The number of hydrogen-bond donors (Lipinski definition) is 3. The fourth-order valence-electron chi connectivity index (χ4n) is 4.25. The maximum Gasteiger partial charge on any atom is 0.307 e. The minimum absolute atomic E-state index is 0.161. The van der Waals surface area contributed by atoms with Gasteiger partial charge >= 0.3 is 5.97 Å². The van der Waals surface area contributed by atoms with Gasteiger partial charge in [-0.15, -0.1) is 0 Å². The van der Waals surface area contributed by atoms with E-state index in [4.69, 9.17) is 0 Å². The van der Waals surface area contributed by atoms with Crippen molar-refractivity contribution in [1.82, 2.24) is 9.36 Å². The lowest BCUT2D eigenvalue weighted by atomic mass is 9.82. The summed E-state index contributed by atoms with van der Waals surface area (Å²) >= 11 is 0. The summed E-state index contributed by atoms with van der Waals surface area (Å²) in [5, 5.41) is 14.8. The molecule has 2 aromatic carbocycles. The molecule has 9 heteroatoms. The smallest absolute Gasteiger partial charge is 0.307 e. The standard InChI is InChI=1S/C26H26N4O5/c1-16-22(25(33)30(29(16)2)19-11-4-3-5-12-19)28-23(31)17-9-8-10-18(15-17)27-24(32)20-13-6-7-14-21(20)26(34)35/h3-12,15,20-21H,13-14H2,1-2H3,(H,27,32)(H,28,31)(H,34,35)/t20-,21-/m0/s1. The SMILES string of the molecule is Cc1c(NC(=O)c2cccc(NC(=O)[C@H]3CC=CC[C@@H]3C(=O)O)c2)c(=O)n(-c2ccccc2)n1C. The number of hydrogen-bond acceptors (Lipinski definition) is 4. The van der Waals surface area contributed by atoms with Gasteiger partial charge in [-0.25, -0.2) is 4.68 Å². The third-order valence-corrected chi connectivity index (χ3v) is 6.27. The molecule has 0 bridgehead atoms. The molecule has 9 nitrogen and oxygen atoms in total. The minimum Gasteiger partial charge on any atom is -0.481 e. The number of rotatable bonds is 6. The number of amides is 2. The lowest BCUT2D eigenvalue weighted by molar-refractivity contribution is -0.146. The second kappa shape index (κ2) is 9.84. The molecule has 0 radical (unpaired) electrons. The first kappa shape index (κ1) is 23.7. The number of para-hydroxylation sites is 1. The number of benzene rings is 2. The van der Waals surface area contributed by atoms with E-state index in [9.17, 15) is 24.3 Å². The molecule has 4 rings (SSSR count). The molecule has 1 aromatic heterocycles. The van der Waals surface area contributed by atoms with Crippen LogP contribution in [0.2, 0.25) is 0 Å². The molecule has 180 valence electrons. The summed E-state index contributed by atoms with van der Waals surface area (Å²) < 4.78 is 3.14. The number of anilines is 2.